The van der Waals surface area contributed by atoms with Crippen LogP contribution in [0.25, 0.3) is 0 Å². The maximum Gasteiger partial charge on any atom is 0.263 e. The average molecular weight is 485 g/mol. The number of methoxy groups -OCH3 is 2. The summed E-state index contributed by atoms with van der Waals surface area (Å²) in [5.41, 5.74) is 0.610. The number of aromatic nitrogens is 1. The molecule has 0 aliphatic carbocycles. The first-order valence-electron chi connectivity index (χ1n) is 10.6. The highest BCUT2D eigenvalue weighted by molar-refractivity contribution is 7.11. The summed E-state index contributed by atoms with van der Waals surface area (Å²) in [6.45, 7) is 5.64. The van der Waals surface area contributed by atoms with E-state index in [2.05, 4.69) is 20.9 Å². The highest BCUT2D eigenvalue weighted by Gasteiger charge is 2.50. The van der Waals surface area contributed by atoms with E-state index in [1.807, 2.05) is 13.8 Å². The Labute approximate surface area is 196 Å². The standard InChI is InChI=1S/C21H32N4O7S/c1-12(2)6-13(17(26)21(3)10-32-21)23-18(27)14(8-30-4)24-19(28)15(9-31-5)25-20(29)16-7-22-11-33-16/h7,11-15H,6,8-10H2,1-5H3,(H,23,27)(H,24,28)(H,25,29)/t13?,14-,15?,21?/m0/s1. The van der Waals surface area contributed by atoms with Crippen LogP contribution in [0.15, 0.2) is 11.7 Å². The fraction of sp³-hybridized carbons (Fsp3) is 0.667. The van der Waals surface area contributed by atoms with E-state index in [9.17, 15) is 19.2 Å². The van der Waals surface area contributed by atoms with Gasteiger partial charge in [0, 0.05) is 14.2 Å². The van der Waals surface area contributed by atoms with Crippen molar-refractivity contribution in [2.75, 3.05) is 34.0 Å². The Hall–Kier alpha value is -2.41. The first-order valence-corrected chi connectivity index (χ1v) is 11.5. The van der Waals surface area contributed by atoms with Crippen LogP contribution in [0.3, 0.4) is 0 Å². The lowest BCUT2D eigenvalue weighted by molar-refractivity contribution is -0.134. The van der Waals surface area contributed by atoms with E-state index < -0.39 is 41.4 Å². The van der Waals surface area contributed by atoms with Gasteiger partial charge in [-0.15, -0.1) is 11.3 Å². The Balaban J connectivity index is 2.07. The van der Waals surface area contributed by atoms with Crippen LogP contribution < -0.4 is 16.0 Å². The molecule has 11 nitrogen and oxygen atoms in total. The van der Waals surface area contributed by atoms with Crippen molar-refractivity contribution in [2.24, 2.45) is 5.92 Å². The molecule has 184 valence electrons. The van der Waals surface area contributed by atoms with Crippen LogP contribution >= 0.6 is 11.3 Å². The lowest BCUT2D eigenvalue weighted by Crippen LogP contribution is -2.58. The zero-order chi connectivity index (χ0) is 24.6. The maximum atomic E-state index is 13.0. The van der Waals surface area contributed by atoms with Crippen LogP contribution in [0, 0.1) is 5.92 Å². The zero-order valence-corrected chi connectivity index (χ0v) is 20.3. The predicted molar refractivity (Wildman–Crippen MR) is 120 cm³/mol. The van der Waals surface area contributed by atoms with Gasteiger partial charge in [0.05, 0.1) is 37.6 Å². The summed E-state index contributed by atoms with van der Waals surface area (Å²) in [7, 11) is 2.78. The number of ether oxygens (including phenoxy) is 3. The van der Waals surface area contributed by atoms with Crippen molar-refractivity contribution in [1.29, 1.82) is 0 Å². The molecule has 3 N–H and O–H groups in total. The fourth-order valence-corrected chi connectivity index (χ4v) is 3.65. The van der Waals surface area contributed by atoms with Crippen LogP contribution in [0.2, 0.25) is 0 Å². The molecule has 4 atom stereocenters. The molecule has 2 heterocycles. The number of ketones is 1. The third kappa shape index (κ3) is 7.84. The van der Waals surface area contributed by atoms with Crippen molar-refractivity contribution < 1.29 is 33.4 Å². The van der Waals surface area contributed by atoms with E-state index in [0.29, 0.717) is 17.9 Å². The molecule has 0 aromatic carbocycles. The number of hydrogen-bond acceptors (Lipinski definition) is 9. The quantitative estimate of drug-likeness (QED) is 0.310. The number of amides is 3. The van der Waals surface area contributed by atoms with Crippen LogP contribution in [0.1, 0.15) is 36.9 Å². The third-order valence-corrected chi connectivity index (χ3v) is 5.79. The molecule has 1 aliphatic heterocycles. The summed E-state index contributed by atoms with van der Waals surface area (Å²) in [5, 5.41) is 7.88. The second-order valence-corrected chi connectivity index (χ2v) is 9.32. The van der Waals surface area contributed by atoms with E-state index in [0.717, 1.165) is 11.3 Å². The maximum absolute atomic E-state index is 13.0. The van der Waals surface area contributed by atoms with Gasteiger partial charge in [-0.05, 0) is 19.3 Å². The molecule has 12 heteroatoms. The van der Waals surface area contributed by atoms with Gasteiger partial charge in [-0.2, -0.15) is 0 Å². The van der Waals surface area contributed by atoms with Gasteiger partial charge in [-0.25, -0.2) is 0 Å². The fourth-order valence-electron chi connectivity index (χ4n) is 3.12. The van der Waals surface area contributed by atoms with Crippen LogP contribution in [0.4, 0.5) is 0 Å². The van der Waals surface area contributed by atoms with Gasteiger partial charge in [-0.1, -0.05) is 13.8 Å². The number of Topliss-reactive ketones (excluding diaryl/α,β-unsaturated/α-hetero) is 1. The molecule has 0 radical (unpaired) electrons. The summed E-state index contributed by atoms with van der Waals surface area (Å²) in [6.07, 6.45) is 1.81. The molecule has 3 unspecified atom stereocenters. The van der Waals surface area contributed by atoms with Crippen LogP contribution in [-0.4, -0.2) is 86.3 Å². The smallest absolute Gasteiger partial charge is 0.263 e. The molecule has 1 saturated heterocycles. The summed E-state index contributed by atoms with van der Waals surface area (Å²) in [5.74, 6) is -1.75. The first-order chi connectivity index (χ1) is 15.6. The van der Waals surface area contributed by atoms with Crippen LogP contribution in [0.5, 0.6) is 0 Å². The number of rotatable bonds is 14. The van der Waals surface area contributed by atoms with Crippen LogP contribution in [-0.2, 0) is 28.6 Å². The largest absolute Gasteiger partial charge is 0.382 e. The zero-order valence-electron chi connectivity index (χ0n) is 19.5. The van der Waals surface area contributed by atoms with E-state index in [1.54, 1.807) is 6.92 Å². The highest BCUT2D eigenvalue weighted by atomic mass is 32.1. The van der Waals surface area contributed by atoms with Crippen molar-refractivity contribution in [1.82, 2.24) is 20.9 Å². The molecule has 1 aromatic rings. The lowest BCUT2D eigenvalue weighted by atomic mass is 9.93. The Morgan fingerprint density at radius 2 is 1.61 bits per heavy atom. The number of carbonyl (C=O) groups excluding carboxylic acids is 4. The monoisotopic (exact) mass is 484 g/mol. The molecule has 2 rings (SSSR count). The number of thiazole rings is 1. The van der Waals surface area contributed by atoms with Gasteiger partial charge in [0.2, 0.25) is 11.8 Å². The molecule has 1 aliphatic rings. The van der Waals surface area contributed by atoms with E-state index in [1.165, 1.54) is 25.9 Å². The Bertz CT molecular complexity index is 827. The van der Waals surface area contributed by atoms with E-state index >= 15 is 0 Å². The Morgan fingerprint density at radius 3 is 2.06 bits per heavy atom. The first kappa shape index (κ1) is 26.8. The molecule has 0 bridgehead atoms. The number of epoxide rings is 1. The summed E-state index contributed by atoms with van der Waals surface area (Å²) in [6, 6.07) is -2.90. The predicted octanol–water partition coefficient (Wildman–Crippen LogP) is -0.0920. The van der Waals surface area contributed by atoms with E-state index in [-0.39, 0.29) is 24.9 Å². The molecule has 1 aromatic heterocycles. The van der Waals surface area contributed by atoms with Gasteiger partial charge < -0.3 is 30.2 Å². The molecular weight excluding hydrogens is 452 g/mol. The number of hydrogen-bond donors (Lipinski definition) is 3. The van der Waals surface area contributed by atoms with Crippen molar-refractivity contribution >= 4 is 34.8 Å². The topological polar surface area (TPSA) is 148 Å². The molecule has 3 amide bonds. The van der Waals surface area contributed by atoms with Crippen molar-refractivity contribution in [2.45, 2.75) is 50.9 Å². The molecular formula is C21H32N4O7S. The number of nitrogens with zero attached hydrogens (tertiary/aromatic N) is 1. The summed E-state index contributed by atoms with van der Waals surface area (Å²) >= 11 is 1.13. The van der Waals surface area contributed by atoms with Gasteiger partial charge >= 0.3 is 0 Å². The lowest BCUT2D eigenvalue weighted by Gasteiger charge is -2.26. The average Bonchev–Trinajstić information content (AvgIpc) is 3.27. The van der Waals surface area contributed by atoms with Gasteiger partial charge in [0.1, 0.15) is 22.6 Å². The molecule has 1 fully saturated rings. The van der Waals surface area contributed by atoms with Crippen molar-refractivity contribution in [3.8, 4) is 0 Å². The third-order valence-electron chi connectivity index (χ3n) is 5.02. The SMILES string of the molecule is COCC(NC(=O)c1cncs1)C(=O)N[C@@H](COC)C(=O)NC(CC(C)C)C(=O)C1(C)CO1. The molecule has 33 heavy (non-hydrogen) atoms. The van der Waals surface area contributed by atoms with Gasteiger partial charge in [0.25, 0.3) is 5.91 Å². The molecule has 0 spiro atoms. The number of carbonyl (C=O) groups is 4. The second-order valence-electron chi connectivity index (χ2n) is 8.44. The van der Waals surface area contributed by atoms with Gasteiger partial charge in [0.15, 0.2) is 5.78 Å². The minimum absolute atomic E-state index is 0.109. The number of nitrogens with one attached hydrogen (secondary N) is 3. The highest BCUT2D eigenvalue weighted by Crippen LogP contribution is 2.29. The normalized spacial score (nSPS) is 19.9. The second kappa shape index (κ2) is 12.2. The minimum atomic E-state index is -1.09. The van der Waals surface area contributed by atoms with Crippen molar-refractivity contribution in [3.05, 3.63) is 16.6 Å². The Kier molecular flexibility index (Phi) is 9.89. The Morgan fingerprint density at radius 1 is 1.06 bits per heavy atom. The molecule has 0 saturated carbocycles. The minimum Gasteiger partial charge on any atom is -0.382 e. The van der Waals surface area contributed by atoms with Gasteiger partial charge in [-0.3, -0.25) is 24.2 Å². The summed E-state index contributed by atoms with van der Waals surface area (Å²) in [4.78, 5) is 55.1. The van der Waals surface area contributed by atoms with E-state index in [4.69, 9.17) is 14.2 Å². The summed E-state index contributed by atoms with van der Waals surface area (Å²) < 4.78 is 15.4. The van der Waals surface area contributed by atoms with Crippen molar-refractivity contribution in [3.63, 3.8) is 0 Å².